The number of hydrogen-bond donors (Lipinski definition) is 1. The standard InChI is InChI=1S/C23H24N4O4S/c1-14-9-10-15(2)18(11-14)30-12-19-25-26-22(31-19)32-13-20(28)27-17-8-6-5-7-16(17)24-21(29)23(27,3)4/h5-11H,12-13H2,1-4H3,(H,24,29). The van der Waals surface area contributed by atoms with Gasteiger partial charge >= 0.3 is 0 Å². The number of amides is 2. The maximum Gasteiger partial charge on any atom is 0.277 e. The number of para-hydroxylation sites is 2. The van der Waals surface area contributed by atoms with Crippen LogP contribution in [0.15, 0.2) is 52.1 Å². The minimum atomic E-state index is -1.02. The summed E-state index contributed by atoms with van der Waals surface area (Å²) in [7, 11) is 0. The Balaban J connectivity index is 1.41. The molecule has 2 heterocycles. The minimum absolute atomic E-state index is 0.0462. The van der Waals surface area contributed by atoms with Gasteiger partial charge in [-0.2, -0.15) is 0 Å². The van der Waals surface area contributed by atoms with Crippen LogP contribution >= 0.6 is 11.8 Å². The molecule has 0 unspecified atom stereocenters. The van der Waals surface area contributed by atoms with Crippen LogP contribution in [0.4, 0.5) is 11.4 Å². The molecule has 1 aliphatic rings. The average Bonchev–Trinajstić information content (AvgIpc) is 3.21. The topological polar surface area (TPSA) is 97.6 Å². The number of carbonyl (C=O) groups is 2. The van der Waals surface area contributed by atoms with Crippen molar-refractivity contribution in [3.8, 4) is 5.75 Å². The second-order valence-electron chi connectivity index (χ2n) is 8.07. The zero-order valence-corrected chi connectivity index (χ0v) is 19.2. The van der Waals surface area contributed by atoms with Crippen molar-refractivity contribution < 1.29 is 18.7 Å². The van der Waals surface area contributed by atoms with Crippen LogP contribution in [0.5, 0.6) is 5.75 Å². The van der Waals surface area contributed by atoms with Gasteiger partial charge in [-0.05, 0) is 57.0 Å². The number of carbonyl (C=O) groups excluding carboxylic acids is 2. The summed E-state index contributed by atoms with van der Waals surface area (Å²) in [6.07, 6.45) is 0. The van der Waals surface area contributed by atoms with Crippen molar-refractivity contribution in [3.63, 3.8) is 0 Å². The van der Waals surface area contributed by atoms with Gasteiger partial charge < -0.3 is 14.5 Å². The highest BCUT2D eigenvalue weighted by Crippen LogP contribution is 2.37. The van der Waals surface area contributed by atoms with E-state index in [0.717, 1.165) is 28.6 Å². The molecule has 0 fully saturated rings. The number of thioether (sulfide) groups is 1. The molecule has 3 aromatic rings. The Bertz CT molecular complexity index is 1170. The summed E-state index contributed by atoms with van der Waals surface area (Å²) in [6, 6.07) is 13.2. The summed E-state index contributed by atoms with van der Waals surface area (Å²) >= 11 is 1.13. The Morgan fingerprint density at radius 1 is 1.19 bits per heavy atom. The first-order valence-corrected chi connectivity index (χ1v) is 11.1. The number of fused-ring (bicyclic) bond motifs is 1. The molecule has 1 N–H and O–H groups in total. The molecule has 9 heteroatoms. The second kappa shape index (κ2) is 8.66. The molecule has 2 aromatic carbocycles. The highest BCUT2D eigenvalue weighted by Gasteiger charge is 2.43. The van der Waals surface area contributed by atoms with Gasteiger partial charge in [-0.1, -0.05) is 36.0 Å². The monoisotopic (exact) mass is 452 g/mol. The molecular weight excluding hydrogens is 428 g/mol. The van der Waals surface area contributed by atoms with Gasteiger partial charge in [0, 0.05) is 0 Å². The van der Waals surface area contributed by atoms with E-state index < -0.39 is 5.54 Å². The summed E-state index contributed by atoms with van der Waals surface area (Å²) in [6.45, 7) is 7.54. The summed E-state index contributed by atoms with van der Waals surface area (Å²) < 4.78 is 11.4. The molecule has 0 radical (unpaired) electrons. The molecule has 2 amide bonds. The molecule has 4 rings (SSSR count). The van der Waals surface area contributed by atoms with Crippen molar-refractivity contribution >= 4 is 35.0 Å². The first-order chi connectivity index (χ1) is 15.3. The largest absolute Gasteiger partial charge is 0.484 e. The molecule has 32 heavy (non-hydrogen) atoms. The predicted octanol–water partition coefficient (Wildman–Crippen LogP) is 4.12. The van der Waals surface area contributed by atoms with Gasteiger partial charge in [-0.15, -0.1) is 10.2 Å². The van der Waals surface area contributed by atoms with Gasteiger partial charge in [0.1, 0.15) is 11.3 Å². The first kappa shape index (κ1) is 21.9. The van der Waals surface area contributed by atoms with E-state index in [9.17, 15) is 9.59 Å². The minimum Gasteiger partial charge on any atom is -0.484 e. The number of nitrogens with one attached hydrogen (secondary N) is 1. The van der Waals surface area contributed by atoms with Gasteiger partial charge in [0.25, 0.3) is 11.1 Å². The normalized spacial score (nSPS) is 14.6. The molecule has 1 aliphatic heterocycles. The van der Waals surface area contributed by atoms with E-state index in [1.54, 1.807) is 19.9 Å². The van der Waals surface area contributed by atoms with E-state index in [2.05, 4.69) is 15.5 Å². The number of aromatic nitrogens is 2. The van der Waals surface area contributed by atoms with Gasteiger partial charge in [0.2, 0.25) is 11.8 Å². The number of benzene rings is 2. The van der Waals surface area contributed by atoms with E-state index >= 15 is 0 Å². The molecule has 0 saturated carbocycles. The Kier molecular flexibility index (Phi) is 5.92. The summed E-state index contributed by atoms with van der Waals surface area (Å²) in [5.41, 5.74) is 2.37. The third-order valence-corrected chi connectivity index (χ3v) is 6.02. The summed E-state index contributed by atoms with van der Waals surface area (Å²) in [5, 5.41) is 11.1. The average molecular weight is 453 g/mol. The van der Waals surface area contributed by atoms with Crippen LogP contribution in [0.2, 0.25) is 0 Å². The van der Waals surface area contributed by atoms with E-state index in [1.165, 1.54) is 4.90 Å². The fraction of sp³-hybridized carbons (Fsp3) is 0.304. The number of nitrogens with zero attached hydrogens (tertiary/aromatic N) is 3. The number of hydrogen-bond acceptors (Lipinski definition) is 7. The second-order valence-corrected chi connectivity index (χ2v) is 8.99. The quantitative estimate of drug-likeness (QED) is 0.562. The molecule has 0 aliphatic carbocycles. The van der Waals surface area contributed by atoms with Crippen LogP contribution in [-0.2, 0) is 16.2 Å². The van der Waals surface area contributed by atoms with Crippen LogP contribution in [-0.4, -0.2) is 33.3 Å². The molecule has 166 valence electrons. The molecule has 0 spiro atoms. The number of aryl methyl sites for hydroxylation is 2. The third-order valence-electron chi connectivity index (χ3n) is 5.22. The molecule has 0 bridgehead atoms. The first-order valence-electron chi connectivity index (χ1n) is 10.1. The smallest absolute Gasteiger partial charge is 0.277 e. The van der Waals surface area contributed by atoms with Crippen LogP contribution in [0, 0.1) is 13.8 Å². The van der Waals surface area contributed by atoms with Crippen molar-refractivity contribution in [1.29, 1.82) is 0 Å². The molecule has 8 nitrogen and oxygen atoms in total. The Hall–Kier alpha value is -3.33. The molecule has 1 aromatic heterocycles. The van der Waals surface area contributed by atoms with Crippen molar-refractivity contribution in [2.45, 2.75) is 45.1 Å². The number of anilines is 2. The van der Waals surface area contributed by atoms with Crippen LogP contribution in [0.25, 0.3) is 0 Å². The van der Waals surface area contributed by atoms with Crippen molar-refractivity contribution in [2.24, 2.45) is 0 Å². The third kappa shape index (κ3) is 4.34. The maximum atomic E-state index is 13.1. The van der Waals surface area contributed by atoms with Crippen molar-refractivity contribution in [1.82, 2.24) is 10.2 Å². The van der Waals surface area contributed by atoms with E-state index in [0.29, 0.717) is 17.3 Å². The lowest BCUT2D eigenvalue weighted by molar-refractivity contribution is -0.125. The molecule has 0 atom stereocenters. The summed E-state index contributed by atoms with van der Waals surface area (Å²) in [5.74, 6) is 0.664. The fourth-order valence-electron chi connectivity index (χ4n) is 3.44. The Morgan fingerprint density at radius 2 is 1.97 bits per heavy atom. The van der Waals surface area contributed by atoms with Crippen LogP contribution < -0.4 is 15.0 Å². The zero-order valence-electron chi connectivity index (χ0n) is 18.3. The number of rotatable bonds is 6. The van der Waals surface area contributed by atoms with Gasteiger partial charge in [0.05, 0.1) is 17.1 Å². The Morgan fingerprint density at radius 3 is 2.78 bits per heavy atom. The lowest BCUT2D eigenvalue weighted by Crippen LogP contribution is -2.58. The highest BCUT2D eigenvalue weighted by molar-refractivity contribution is 7.99. The fourth-order valence-corrected chi connectivity index (χ4v) is 4.07. The van der Waals surface area contributed by atoms with Crippen molar-refractivity contribution in [3.05, 3.63) is 59.5 Å². The van der Waals surface area contributed by atoms with Crippen LogP contribution in [0.1, 0.15) is 30.9 Å². The maximum absolute atomic E-state index is 13.1. The Labute approximate surface area is 190 Å². The lowest BCUT2D eigenvalue weighted by Gasteiger charge is -2.42. The lowest BCUT2D eigenvalue weighted by atomic mass is 9.96. The van der Waals surface area contributed by atoms with E-state index in [1.807, 2.05) is 50.2 Å². The predicted molar refractivity (Wildman–Crippen MR) is 122 cm³/mol. The SMILES string of the molecule is Cc1ccc(C)c(OCc2nnc(SCC(=O)N3c4ccccc4NC(=O)C3(C)C)o2)c1. The van der Waals surface area contributed by atoms with E-state index in [-0.39, 0.29) is 29.4 Å². The van der Waals surface area contributed by atoms with Gasteiger partial charge in [0.15, 0.2) is 6.61 Å². The van der Waals surface area contributed by atoms with Gasteiger partial charge in [-0.3, -0.25) is 14.5 Å². The molecular formula is C23H24N4O4S. The number of ether oxygens (including phenoxy) is 1. The van der Waals surface area contributed by atoms with E-state index in [4.69, 9.17) is 9.15 Å². The molecule has 0 saturated heterocycles. The van der Waals surface area contributed by atoms with Crippen LogP contribution in [0.3, 0.4) is 0 Å². The zero-order chi connectivity index (χ0) is 22.9. The summed E-state index contributed by atoms with van der Waals surface area (Å²) in [4.78, 5) is 27.2. The van der Waals surface area contributed by atoms with Crippen molar-refractivity contribution in [2.75, 3.05) is 16.0 Å². The highest BCUT2D eigenvalue weighted by atomic mass is 32.2. The van der Waals surface area contributed by atoms with Gasteiger partial charge in [-0.25, -0.2) is 0 Å².